The van der Waals surface area contributed by atoms with E-state index in [-0.39, 0.29) is 33.8 Å². The van der Waals surface area contributed by atoms with Gasteiger partial charge in [0.15, 0.2) is 11.1 Å². The summed E-state index contributed by atoms with van der Waals surface area (Å²) in [6.45, 7) is 6.83. The van der Waals surface area contributed by atoms with Gasteiger partial charge in [-0.25, -0.2) is 13.8 Å². The van der Waals surface area contributed by atoms with Crippen molar-refractivity contribution < 1.29 is 13.6 Å². The van der Waals surface area contributed by atoms with Crippen molar-refractivity contribution in [2.24, 2.45) is 0 Å². The maximum Gasteiger partial charge on any atom is 0.247 e. The summed E-state index contributed by atoms with van der Waals surface area (Å²) in [4.78, 5) is 37.1. The average molecular weight is 518 g/mol. The Labute approximate surface area is 217 Å². The second kappa shape index (κ2) is 10.4. The van der Waals surface area contributed by atoms with Gasteiger partial charge in [-0.1, -0.05) is 6.58 Å². The molecule has 38 heavy (non-hydrogen) atoms. The Kier molecular flexibility index (Phi) is 6.84. The molecule has 0 aliphatic carbocycles. The lowest BCUT2D eigenvalue weighted by molar-refractivity contribution is -0.111. The number of pyridine rings is 1. The molecule has 1 amide bonds. The minimum absolute atomic E-state index is 0.0274. The molecule has 2 N–H and O–H groups in total. The quantitative estimate of drug-likeness (QED) is 0.377. The molecule has 0 unspecified atom stereocenters. The van der Waals surface area contributed by atoms with Gasteiger partial charge in [-0.2, -0.15) is 4.98 Å². The van der Waals surface area contributed by atoms with Gasteiger partial charge in [0.2, 0.25) is 11.9 Å². The number of likely N-dealkylation sites (N-methyl/N-ethyl adjacent to an activating group) is 1. The fraction of sp³-hybridized carbons (Fsp3) is 0.185. The van der Waals surface area contributed by atoms with Crippen LogP contribution in [0.1, 0.15) is 0 Å². The molecule has 0 spiro atoms. The van der Waals surface area contributed by atoms with Crippen molar-refractivity contribution in [3.05, 3.63) is 89.4 Å². The van der Waals surface area contributed by atoms with Crippen molar-refractivity contribution in [1.82, 2.24) is 19.4 Å². The van der Waals surface area contributed by atoms with E-state index >= 15 is 4.39 Å². The molecule has 0 saturated carbocycles. The highest BCUT2D eigenvalue weighted by molar-refractivity contribution is 5.99. The van der Waals surface area contributed by atoms with Gasteiger partial charge in [-0.3, -0.25) is 14.2 Å². The Bertz CT molecular complexity index is 1600. The zero-order chi connectivity index (χ0) is 26.8. The molecule has 2 aromatic heterocycles. The van der Waals surface area contributed by atoms with Gasteiger partial charge in [-0.15, -0.1) is 0 Å². The second-order valence-electron chi connectivity index (χ2n) is 8.92. The van der Waals surface area contributed by atoms with Crippen molar-refractivity contribution in [2.75, 3.05) is 48.8 Å². The number of fused-ring (bicyclic) bond motifs is 1. The van der Waals surface area contributed by atoms with E-state index in [0.717, 1.165) is 37.9 Å². The van der Waals surface area contributed by atoms with E-state index in [1.54, 1.807) is 6.07 Å². The monoisotopic (exact) mass is 517 g/mol. The van der Waals surface area contributed by atoms with Crippen LogP contribution in [0.25, 0.3) is 16.7 Å². The van der Waals surface area contributed by atoms with E-state index in [2.05, 4.69) is 44.0 Å². The normalized spacial score (nSPS) is 13.9. The maximum atomic E-state index is 15.0. The van der Waals surface area contributed by atoms with Gasteiger partial charge >= 0.3 is 0 Å². The van der Waals surface area contributed by atoms with Gasteiger partial charge in [-0.05, 0) is 49.5 Å². The number of benzene rings is 2. The molecule has 3 heterocycles. The largest absolute Gasteiger partial charge is 0.369 e. The van der Waals surface area contributed by atoms with E-state index in [9.17, 15) is 14.0 Å². The number of aromatic nitrogens is 3. The summed E-state index contributed by atoms with van der Waals surface area (Å²) < 4.78 is 31.3. The van der Waals surface area contributed by atoms with Crippen LogP contribution < -0.4 is 21.0 Å². The summed E-state index contributed by atoms with van der Waals surface area (Å²) in [5, 5.41) is 5.58. The third kappa shape index (κ3) is 5.09. The minimum atomic E-state index is -0.606. The van der Waals surface area contributed by atoms with Gasteiger partial charge < -0.3 is 20.4 Å². The average Bonchev–Trinajstić information content (AvgIpc) is 2.92. The summed E-state index contributed by atoms with van der Waals surface area (Å²) >= 11 is 0. The first-order valence-electron chi connectivity index (χ1n) is 11.9. The molecule has 2 aromatic carbocycles. The number of amides is 1. The van der Waals surface area contributed by atoms with Crippen LogP contribution in [0.2, 0.25) is 0 Å². The smallest absolute Gasteiger partial charge is 0.247 e. The van der Waals surface area contributed by atoms with Crippen LogP contribution in [-0.4, -0.2) is 58.6 Å². The fourth-order valence-electron chi connectivity index (χ4n) is 4.24. The van der Waals surface area contributed by atoms with Crippen LogP contribution in [0.3, 0.4) is 0 Å². The van der Waals surface area contributed by atoms with Crippen LogP contribution in [-0.2, 0) is 4.79 Å². The number of nitrogens with zero attached hydrogens (tertiary/aromatic N) is 5. The van der Waals surface area contributed by atoms with Crippen LogP contribution >= 0.6 is 0 Å². The lowest BCUT2D eigenvalue weighted by Gasteiger charge is -2.34. The number of nitrogens with one attached hydrogen (secondary N) is 2. The highest BCUT2D eigenvalue weighted by Gasteiger charge is 2.17. The SMILES string of the molecule is C=CC(=O)Nc1ccc(F)c(-n2ccc(=O)c3cnc(Nc4ccc(N5CCN(C)CC5)cc4F)nc32)c1. The van der Waals surface area contributed by atoms with Crippen molar-refractivity contribution in [3.63, 3.8) is 0 Å². The standard InChI is InChI=1S/C27H25F2N7O2/c1-3-25(38)31-17-4-6-20(28)23(14-17)36-9-8-24(37)19-16-30-27(33-26(19)36)32-22-7-5-18(15-21(22)29)35-12-10-34(2)11-13-35/h3-9,14-16H,1,10-13H2,2H3,(H,31,38)(H,30,32,33). The summed E-state index contributed by atoms with van der Waals surface area (Å²) in [5.41, 5.74) is 1.07. The minimum Gasteiger partial charge on any atom is -0.369 e. The molecular weight excluding hydrogens is 492 g/mol. The van der Waals surface area contributed by atoms with E-state index in [0.29, 0.717) is 5.69 Å². The molecule has 4 aromatic rings. The summed E-state index contributed by atoms with van der Waals surface area (Å²) in [6, 6.07) is 10.2. The fourth-order valence-corrected chi connectivity index (χ4v) is 4.24. The van der Waals surface area contributed by atoms with E-state index in [1.165, 1.54) is 47.3 Å². The molecule has 0 bridgehead atoms. The lowest BCUT2D eigenvalue weighted by atomic mass is 10.2. The summed E-state index contributed by atoms with van der Waals surface area (Å²) in [5.74, 6) is -1.51. The highest BCUT2D eigenvalue weighted by Crippen LogP contribution is 2.26. The number of carbonyl (C=O) groups is 1. The third-order valence-corrected chi connectivity index (χ3v) is 6.36. The Morgan fingerprint density at radius 1 is 1.05 bits per heavy atom. The molecule has 0 radical (unpaired) electrons. The molecule has 1 saturated heterocycles. The summed E-state index contributed by atoms with van der Waals surface area (Å²) in [7, 11) is 2.06. The molecule has 1 fully saturated rings. The first-order chi connectivity index (χ1) is 18.3. The molecule has 5 rings (SSSR count). The molecule has 194 valence electrons. The van der Waals surface area contributed by atoms with Gasteiger partial charge in [0.05, 0.1) is 16.8 Å². The van der Waals surface area contributed by atoms with Crippen LogP contribution in [0.5, 0.6) is 0 Å². The Morgan fingerprint density at radius 2 is 1.84 bits per heavy atom. The van der Waals surface area contributed by atoms with Crippen molar-refractivity contribution in [3.8, 4) is 5.69 Å². The van der Waals surface area contributed by atoms with Gasteiger partial charge in [0.25, 0.3) is 0 Å². The third-order valence-electron chi connectivity index (χ3n) is 6.36. The number of halogens is 2. The Morgan fingerprint density at radius 3 is 2.58 bits per heavy atom. The van der Waals surface area contributed by atoms with E-state index < -0.39 is 17.5 Å². The first-order valence-corrected chi connectivity index (χ1v) is 11.9. The Balaban J connectivity index is 1.49. The predicted octanol–water partition coefficient (Wildman–Crippen LogP) is 3.68. The number of rotatable bonds is 6. The molecule has 9 nitrogen and oxygen atoms in total. The van der Waals surface area contributed by atoms with Crippen LogP contribution in [0, 0.1) is 11.6 Å². The Hall–Kier alpha value is -4.64. The highest BCUT2D eigenvalue weighted by atomic mass is 19.1. The van der Waals surface area contributed by atoms with Crippen molar-refractivity contribution in [2.45, 2.75) is 0 Å². The van der Waals surface area contributed by atoms with Crippen LogP contribution in [0.15, 0.2) is 72.3 Å². The summed E-state index contributed by atoms with van der Waals surface area (Å²) in [6.07, 6.45) is 3.78. The zero-order valence-electron chi connectivity index (χ0n) is 20.6. The molecule has 0 atom stereocenters. The van der Waals surface area contributed by atoms with E-state index in [4.69, 9.17) is 0 Å². The lowest BCUT2D eigenvalue weighted by Crippen LogP contribution is -2.44. The number of hydrogen-bond donors (Lipinski definition) is 2. The number of hydrogen-bond acceptors (Lipinski definition) is 7. The zero-order valence-corrected chi connectivity index (χ0v) is 20.6. The first kappa shape index (κ1) is 25.0. The number of piperazine rings is 1. The molecule has 1 aliphatic rings. The van der Waals surface area contributed by atoms with Crippen LogP contribution in [0.4, 0.5) is 31.8 Å². The van der Waals surface area contributed by atoms with E-state index in [1.807, 2.05) is 6.07 Å². The number of anilines is 4. The molecular formula is C27H25F2N7O2. The topological polar surface area (TPSA) is 95.4 Å². The van der Waals surface area contributed by atoms with Crippen molar-refractivity contribution >= 4 is 40.0 Å². The van der Waals surface area contributed by atoms with Gasteiger partial charge in [0, 0.05) is 56.0 Å². The van der Waals surface area contributed by atoms with Gasteiger partial charge in [0.1, 0.15) is 11.6 Å². The predicted molar refractivity (Wildman–Crippen MR) is 143 cm³/mol. The van der Waals surface area contributed by atoms with Crippen molar-refractivity contribution in [1.29, 1.82) is 0 Å². The second-order valence-corrected chi connectivity index (χ2v) is 8.92. The molecule has 1 aliphatic heterocycles. The number of carbonyl (C=O) groups excluding carboxylic acids is 1. The maximum absolute atomic E-state index is 15.0. The molecule has 11 heteroatoms.